The molecule has 0 bridgehead atoms. The summed E-state index contributed by atoms with van der Waals surface area (Å²) in [6.07, 6.45) is 3.82. The first kappa shape index (κ1) is 14.3. The third kappa shape index (κ3) is 3.01. The van der Waals surface area contributed by atoms with Crippen LogP contribution in [-0.2, 0) is 6.54 Å². The van der Waals surface area contributed by atoms with Crippen molar-refractivity contribution in [3.63, 3.8) is 0 Å². The van der Waals surface area contributed by atoms with Crippen LogP contribution in [0.2, 0.25) is 0 Å². The van der Waals surface area contributed by atoms with E-state index in [1.165, 1.54) is 38.4 Å². The van der Waals surface area contributed by atoms with E-state index in [4.69, 9.17) is 5.73 Å². The molecule has 0 aromatic heterocycles. The van der Waals surface area contributed by atoms with Gasteiger partial charge in [-0.1, -0.05) is 12.1 Å². The standard InChI is InChI=1S/C15H22N4O2/c16-15-12(4-3-5-14(15)19(20)21)10-17-9-6-13(11-17)18-7-1-2-8-18/h3-5,13H,1-2,6-11,16H2. The van der Waals surface area contributed by atoms with Gasteiger partial charge in [0.05, 0.1) is 4.92 Å². The number of hydrogen-bond donors (Lipinski definition) is 1. The van der Waals surface area contributed by atoms with Gasteiger partial charge in [-0.15, -0.1) is 0 Å². The molecule has 1 aromatic rings. The van der Waals surface area contributed by atoms with Gasteiger partial charge in [0.25, 0.3) is 5.69 Å². The van der Waals surface area contributed by atoms with E-state index < -0.39 is 4.92 Å². The maximum atomic E-state index is 10.9. The fourth-order valence-electron chi connectivity index (χ4n) is 3.50. The molecule has 0 spiro atoms. The van der Waals surface area contributed by atoms with Crippen LogP contribution in [0.15, 0.2) is 18.2 Å². The van der Waals surface area contributed by atoms with Gasteiger partial charge >= 0.3 is 0 Å². The lowest BCUT2D eigenvalue weighted by Gasteiger charge is -2.23. The Balaban J connectivity index is 1.65. The highest BCUT2D eigenvalue weighted by Crippen LogP contribution is 2.28. The van der Waals surface area contributed by atoms with Gasteiger partial charge in [0.15, 0.2) is 0 Å². The van der Waals surface area contributed by atoms with E-state index >= 15 is 0 Å². The van der Waals surface area contributed by atoms with E-state index in [-0.39, 0.29) is 5.69 Å². The predicted octanol–water partition coefficient (Wildman–Crippen LogP) is 1.85. The van der Waals surface area contributed by atoms with Gasteiger partial charge in [0.1, 0.15) is 5.69 Å². The highest BCUT2D eigenvalue weighted by Gasteiger charge is 2.29. The molecule has 2 fully saturated rings. The summed E-state index contributed by atoms with van der Waals surface area (Å²) in [7, 11) is 0. The number of likely N-dealkylation sites (tertiary alicyclic amines) is 2. The number of nitro groups is 1. The lowest BCUT2D eigenvalue weighted by molar-refractivity contribution is -0.384. The topological polar surface area (TPSA) is 75.6 Å². The first-order valence-corrected chi connectivity index (χ1v) is 7.63. The number of para-hydroxylation sites is 1. The monoisotopic (exact) mass is 290 g/mol. The molecule has 2 saturated heterocycles. The van der Waals surface area contributed by atoms with Gasteiger partial charge in [0, 0.05) is 31.7 Å². The molecule has 6 nitrogen and oxygen atoms in total. The van der Waals surface area contributed by atoms with E-state index in [0.717, 1.165) is 18.7 Å². The SMILES string of the molecule is Nc1c(CN2CCC(N3CCCC3)C2)cccc1[N+](=O)[O-]. The number of nitro benzene ring substituents is 1. The van der Waals surface area contributed by atoms with Crippen LogP contribution in [0.5, 0.6) is 0 Å². The van der Waals surface area contributed by atoms with Crippen LogP contribution in [0, 0.1) is 10.1 Å². The first-order valence-electron chi connectivity index (χ1n) is 7.63. The number of nitrogen functional groups attached to an aromatic ring is 1. The minimum atomic E-state index is -0.407. The second kappa shape index (κ2) is 5.99. The Labute approximate surface area is 124 Å². The van der Waals surface area contributed by atoms with Crippen molar-refractivity contribution in [2.24, 2.45) is 0 Å². The number of nitrogens with two attached hydrogens (primary N) is 1. The molecule has 1 unspecified atom stereocenters. The molecule has 0 radical (unpaired) electrons. The third-order valence-corrected chi connectivity index (χ3v) is 4.67. The van der Waals surface area contributed by atoms with Crippen LogP contribution >= 0.6 is 0 Å². The van der Waals surface area contributed by atoms with E-state index in [2.05, 4.69) is 9.80 Å². The molecule has 2 N–H and O–H groups in total. The average molecular weight is 290 g/mol. The van der Waals surface area contributed by atoms with Crippen molar-refractivity contribution >= 4 is 11.4 Å². The summed E-state index contributed by atoms with van der Waals surface area (Å²) >= 11 is 0. The summed E-state index contributed by atoms with van der Waals surface area (Å²) in [6, 6.07) is 5.73. The predicted molar refractivity (Wildman–Crippen MR) is 82.0 cm³/mol. The molecule has 0 saturated carbocycles. The minimum Gasteiger partial charge on any atom is -0.393 e. The average Bonchev–Trinajstić information content (AvgIpc) is 3.11. The molecule has 21 heavy (non-hydrogen) atoms. The van der Waals surface area contributed by atoms with Gasteiger partial charge < -0.3 is 5.73 Å². The van der Waals surface area contributed by atoms with Crippen molar-refractivity contribution < 1.29 is 4.92 Å². The summed E-state index contributed by atoms with van der Waals surface area (Å²) in [4.78, 5) is 15.5. The van der Waals surface area contributed by atoms with E-state index in [0.29, 0.717) is 18.3 Å². The Kier molecular flexibility index (Phi) is 4.07. The van der Waals surface area contributed by atoms with Crippen LogP contribution in [0.1, 0.15) is 24.8 Å². The van der Waals surface area contributed by atoms with E-state index in [9.17, 15) is 10.1 Å². The zero-order chi connectivity index (χ0) is 14.8. The number of hydrogen-bond acceptors (Lipinski definition) is 5. The molecule has 114 valence electrons. The lowest BCUT2D eigenvalue weighted by atomic mass is 10.1. The van der Waals surface area contributed by atoms with Crippen molar-refractivity contribution in [3.8, 4) is 0 Å². The molecule has 0 amide bonds. The van der Waals surface area contributed by atoms with Gasteiger partial charge in [-0.05, 0) is 37.9 Å². The zero-order valence-corrected chi connectivity index (χ0v) is 12.2. The molecule has 0 aliphatic carbocycles. The Morgan fingerprint density at radius 3 is 2.76 bits per heavy atom. The fraction of sp³-hybridized carbons (Fsp3) is 0.600. The molecular formula is C15H22N4O2. The van der Waals surface area contributed by atoms with Crippen molar-refractivity contribution in [1.29, 1.82) is 0 Å². The van der Waals surface area contributed by atoms with Crippen molar-refractivity contribution in [2.75, 3.05) is 31.9 Å². The van der Waals surface area contributed by atoms with Crippen LogP contribution < -0.4 is 5.73 Å². The smallest absolute Gasteiger partial charge is 0.292 e. The maximum absolute atomic E-state index is 10.9. The molecule has 3 rings (SSSR count). The molecule has 2 aliphatic heterocycles. The second-order valence-electron chi connectivity index (χ2n) is 6.03. The lowest BCUT2D eigenvalue weighted by Crippen LogP contribution is -2.35. The second-order valence-corrected chi connectivity index (χ2v) is 6.03. The van der Waals surface area contributed by atoms with Crippen LogP contribution in [-0.4, -0.2) is 46.9 Å². The molecule has 2 heterocycles. The minimum absolute atomic E-state index is 0.0165. The first-order chi connectivity index (χ1) is 10.1. The Morgan fingerprint density at radius 1 is 1.29 bits per heavy atom. The number of anilines is 1. The number of rotatable bonds is 4. The molecule has 6 heteroatoms. The molecule has 1 aromatic carbocycles. The zero-order valence-electron chi connectivity index (χ0n) is 12.2. The molecule has 1 atom stereocenters. The largest absolute Gasteiger partial charge is 0.393 e. The van der Waals surface area contributed by atoms with E-state index in [1.54, 1.807) is 6.07 Å². The summed E-state index contributed by atoms with van der Waals surface area (Å²) < 4.78 is 0. The third-order valence-electron chi connectivity index (χ3n) is 4.67. The van der Waals surface area contributed by atoms with Gasteiger partial charge in [-0.3, -0.25) is 19.9 Å². The van der Waals surface area contributed by atoms with Crippen molar-refractivity contribution in [3.05, 3.63) is 33.9 Å². The summed E-state index contributed by atoms with van der Waals surface area (Å²) in [6.45, 7) is 5.23. The van der Waals surface area contributed by atoms with Gasteiger partial charge in [-0.25, -0.2) is 0 Å². The maximum Gasteiger partial charge on any atom is 0.292 e. The van der Waals surface area contributed by atoms with Crippen LogP contribution in [0.25, 0.3) is 0 Å². The Morgan fingerprint density at radius 2 is 2.05 bits per heavy atom. The number of benzene rings is 1. The van der Waals surface area contributed by atoms with Gasteiger partial charge in [0.2, 0.25) is 0 Å². The Bertz CT molecular complexity index is 528. The molecule has 2 aliphatic rings. The van der Waals surface area contributed by atoms with Crippen LogP contribution in [0.3, 0.4) is 0 Å². The fourth-order valence-corrected chi connectivity index (χ4v) is 3.50. The van der Waals surface area contributed by atoms with Crippen molar-refractivity contribution in [2.45, 2.75) is 31.8 Å². The Hall–Kier alpha value is -1.66. The summed E-state index contributed by atoms with van der Waals surface area (Å²) in [5.41, 5.74) is 7.14. The quantitative estimate of drug-likeness (QED) is 0.520. The number of nitrogens with zero attached hydrogens (tertiary/aromatic N) is 3. The summed E-state index contributed by atoms with van der Waals surface area (Å²) in [5.74, 6) is 0. The van der Waals surface area contributed by atoms with E-state index in [1.807, 2.05) is 6.07 Å². The normalized spacial score (nSPS) is 23.7. The highest BCUT2D eigenvalue weighted by atomic mass is 16.6. The van der Waals surface area contributed by atoms with Crippen LogP contribution in [0.4, 0.5) is 11.4 Å². The highest BCUT2D eigenvalue weighted by molar-refractivity contribution is 5.62. The van der Waals surface area contributed by atoms with Crippen molar-refractivity contribution in [1.82, 2.24) is 9.80 Å². The molecular weight excluding hydrogens is 268 g/mol. The van der Waals surface area contributed by atoms with Gasteiger partial charge in [-0.2, -0.15) is 0 Å². The summed E-state index contributed by atoms with van der Waals surface area (Å²) in [5, 5.41) is 10.9.